The Morgan fingerprint density at radius 2 is 2.15 bits per heavy atom. The maximum absolute atomic E-state index is 6.21. The highest BCUT2D eigenvalue weighted by Crippen LogP contribution is 2.32. The summed E-state index contributed by atoms with van der Waals surface area (Å²) in [6.07, 6.45) is 3.23. The summed E-state index contributed by atoms with van der Waals surface area (Å²) in [5.74, 6) is 1.54. The van der Waals surface area contributed by atoms with E-state index in [1.807, 2.05) is 6.07 Å². The number of hydrogen-bond acceptors (Lipinski definition) is 2. The van der Waals surface area contributed by atoms with Crippen molar-refractivity contribution in [1.82, 2.24) is 0 Å². The second-order valence-corrected chi connectivity index (χ2v) is 6.82. The Morgan fingerprint density at radius 1 is 1.40 bits per heavy atom. The van der Waals surface area contributed by atoms with Crippen molar-refractivity contribution in [2.75, 3.05) is 18.0 Å². The van der Waals surface area contributed by atoms with Gasteiger partial charge in [0.15, 0.2) is 0 Å². The highest BCUT2D eigenvalue weighted by atomic mass is 35.5. The zero-order valence-electron chi connectivity index (χ0n) is 12.9. The zero-order chi connectivity index (χ0) is 14.7. The van der Waals surface area contributed by atoms with Crippen LogP contribution in [0.4, 0.5) is 5.69 Å². The minimum absolute atomic E-state index is 0.235. The molecule has 1 saturated heterocycles. The summed E-state index contributed by atoms with van der Waals surface area (Å²) in [6.45, 7) is 9.06. The third-order valence-electron chi connectivity index (χ3n) is 4.56. The molecule has 1 aromatic carbocycles. The third-order valence-corrected chi connectivity index (χ3v) is 4.80. The lowest BCUT2D eigenvalue weighted by Crippen LogP contribution is -2.26. The van der Waals surface area contributed by atoms with Crippen molar-refractivity contribution in [3.63, 3.8) is 0 Å². The van der Waals surface area contributed by atoms with E-state index in [1.165, 1.54) is 17.7 Å². The average Bonchev–Trinajstić information content (AvgIpc) is 2.90. The standard InChI is InChI=1S/C17H27ClN2/c1-4-16(19)9-13-5-6-15(18)10-17(13)20-8-7-14(11-20)12(2)3/h5-6,10,12,14,16H,4,7-9,11,19H2,1-3H3. The van der Waals surface area contributed by atoms with E-state index >= 15 is 0 Å². The molecule has 0 aliphatic carbocycles. The largest absolute Gasteiger partial charge is 0.371 e. The summed E-state index contributed by atoms with van der Waals surface area (Å²) in [4.78, 5) is 2.49. The number of anilines is 1. The van der Waals surface area contributed by atoms with Crippen molar-refractivity contribution in [2.45, 2.75) is 46.1 Å². The van der Waals surface area contributed by atoms with E-state index in [0.29, 0.717) is 0 Å². The van der Waals surface area contributed by atoms with Gasteiger partial charge in [-0.3, -0.25) is 0 Å². The monoisotopic (exact) mass is 294 g/mol. The molecule has 0 bridgehead atoms. The van der Waals surface area contributed by atoms with E-state index in [-0.39, 0.29) is 6.04 Å². The molecule has 1 fully saturated rings. The van der Waals surface area contributed by atoms with Crippen LogP contribution in [0.2, 0.25) is 5.02 Å². The molecule has 1 aliphatic heterocycles. The van der Waals surface area contributed by atoms with Crippen molar-refractivity contribution in [3.8, 4) is 0 Å². The lowest BCUT2D eigenvalue weighted by atomic mass is 9.95. The molecule has 20 heavy (non-hydrogen) atoms. The van der Waals surface area contributed by atoms with Crippen LogP contribution in [-0.4, -0.2) is 19.1 Å². The van der Waals surface area contributed by atoms with Crippen LogP contribution in [0.1, 0.15) is 39.2 Å². The van der Waals surface area contributed by atoms with Crippen LogP contribution in [0.25, 0.3) is 0 Å². The first-order chi connectivity index (χ1) is 9.51. The van der Waals surface area contributed by atoms with Crippen LogP contribution >= 0.6 is 11.6 Å². The number of halogens is 1. The smallest absolute Gasteiger partial charge is 0.0426 e. The van der Waals surface area contributed by atoms with Gasteiger partial charge in [-0.25, -0.2) is 0 Å². The average molecular weight is 295 g/mol. The minimum atomic E-state index is 0.235. The predicted octanol–water partition coefficient (Wildman–Crippen LogP) is 4.10. The Morgan fingerprint density at radius 3 is 2.75 bits per heavy atom. The molecule has 2 atom stereocenters. The van der Waals surface area contributed by atoms with E-state index in [2.05, 4.69) is 37.8 Å². The fourth-order valence-electron chi connectivity index (χ4n) is 2.98. The maximum atomic E-state index is 6.21. The molecule has 1 heterocycles. The molecule has 0 spiro atoms. The van der Waals surface area contributed by atoms with Gasteiger partial charge in [0.25, 0.3) is 0 Å². The first-order valence-corrected chi connectivity index (χ1v) is 8.18. The number of nitrogens with zero attached hydrogens (tertiary/aromatic N) is 1. The minimum Gasteiger partial charge on any atom is -0.371 e. The van der Waals surface area contributed by atoms with Gasteiger partial charge in [0, 0.05) is 29.8 Å². The van der Waals surface area contributed by atoms with Gasteiger partial charge in [0.1, 0.15) is 0 Å². The number of rotatable bonds is 5. The Hall–Kier alpha value is -0.730. The first-order valence-electron chi connectivity index (χ1n) is 7.80. The van der Waals surface area contributed by atoms with E-state index < -0.39 is 0 Å². The summed E-state index contributed by atoms with van der Waals surface area (Å²) in [5, 5.41) is 0.821. The number of hydrogen-bond donors (Lipinski definition) is 1. The van der Waals surface area contributed by atoms with Crippen LogP contribution in [0.15, 0.2) is 18.2 Å². The first kappa shape index (κ1) is 15.7. The SMILES string of the molecule is CCC(N)Cc1ccc(Cl)cc1N1CCC(C(C)C)C1. The normalized spacial score (nSPS) is 20.7. The van der Waals surface area contributed by atoms with Gasteiger partial charge >= 0.3 is 0 Å². The molecule has 2 nitrogen and oxygen atoms in total. The number of nitrogens with two attached hydrogens (primary N) is 1. The van der Waals surface area contributed by atoms with Crippen molar-refractivity contribution in [2.24, 2.45) is 17.6 Å². The Bertz CT molecular complexity index is 445. The molecule has 2 unspecified atom stereocenters. The Kier molecular flexibility index (Phi) is 5.34. The van der Waals surface area contributed by atoms with E-state index in [4.69, 9.17) is 17.3 Å². The van der Waals surface area contributed by atoms with Gasteiger partial charge < -0.3 is 10.6 Å². The van der Waals surface area contributed by atoms with Crippen molar-refractivity contribution >= 4 is 17.3 Å². The molecule has 0 aromatic heterocycles. The Labute approximate surface area is 128 Å². The predicted molar refractivity (Wildman–Crippen MR) is 88.6 cm³/mol. The summed E-state index contributed by atoms with van der Waals surface area (Å²) in [7, 11) is 0. The molecule has 0 amide bonds. The van der Waals surface area contributed by atoms with E-state index in [0.717, 1.165) is 42.8 Å². The summed E-state index contributed by atoms with van der Waals surface area (Å²) < 4.78 is 0. The van der Waals surface area contributed by atoms with Crippen LogP contribution in [0.3, 0.4) is 0 Å². The second kappa shape index (κ2) is 6.82. The second-order valence-electron chi connectivity index (χ2n) is 6.38. The molecule has 0 radical (unpaired) electrons. The molecular formula is C17H27ClN2. The van der Waals surface area contributed by atoms with Crippen LogP contribution < -0.4 is 10.6 Å². The molecule has 112 valence electrons. The van der Waals surface area contributed by atoms with Gasteiger partial charge in [-0.15, -0.1) is 0 Å². The maximum Gasteiger partial charge on any atom is 0.0426 e. The molecule has 0 saturated carbocycles. The molecule has 2 rings (SSSR count). The van der Waals surface area contributed by atoms with E-state index in [1.54, 1.807) is 0 Å². The van der Waals surface area contributed by atoms with Crippen LogP contribution in [-0.2, 0) is 6.42 Å². The molecule has 1 aliphatic rings. The summed E-state index contributed by atoms with van der Waals surface area (Å²) in [5.41, 5.74) is 8.77. The van der Waals surface area contributed by atoms with Crippen LogP contribution in [0, 0.1) is 11.8 Å². The lowest BCUT2D eigenvalue weighted by Gasteiger charge is -2.24. The van der Waals surface area contributed by atoms with Gasteiger partial charge in [0.2, 0.25) is 0 Å². The van der Waals surface area contributed by atoms with Gasteiger partial charge in [-0.2, -0.15) is 0 Å². The molecule has 1 aromatic rings. The fourth-order valence-corrected chi connectivity index (χ4v) is 3.15. The van der Waals surface area contributed by atoms with Crippen LogP contribution in [0.5, 0.6) is 0 Å². The third kappa shape index (κ3) is 3.67. The zero-order valence-corrected chi connectivity index (χ0v) is 13.7. The fraction of sp³-hybridized carbons (Fsp3) is 0.647. The summed E-state index contributed by atoms with van der Waals surface area (Å²) >= 11 is 6.21. The van der Waals surface area contributed by atoms with Crippen molar-refractivity contribution in [1.29, 1.82) is 0 Å². The van der Waals surface area contributed by atoms with Crippen molar-refractivity contribution in [3.05, 3.63) is 28.8 Å². The molecular weight excluding hydrogens is 268 g/mol. The summed E-state index contributed by atoms with van der Waals surface area (Å²) in [6, 6.07) is 6.48. The molecule has 2 N–H and O–H groups in total. The number of benzene rings is 1. The van der Waals surface area contributed by atoms with Gasteiger partial charge in [-0.05, 0) is 48.8 Å². The quantitative estimate of drug-likeness (QED) is 0.886. The van der Waals surface area contributed by atoms with Crippen molar-refractivity contribution < 1.29 is 0 Å². The highest BCUT2D eigenvalue weighted by molar-refractivity contribution is 6.30. The van der Waals surface area contributed by atoms with E-state index in [9.17, 15) is 0 Å². The Balaban J connectivity index is 2.19. The lowest BCUT2D eigenvalue weighted by molar-refractivity contribution is 0.422. The topological polar surface area (TPSA) is 29.3 Å². The van der Waals surface area contributed by atoms with Gasteiger partial charge in [0.05, 0.1) is 0 Å². The molecule has 3 heteroatoms. The van der Waals surface area contributed by atoms with Gasteiger partial charge in [-0.1, -0.05) is 38.4 Å². The highest BCUT2D eigenvalue weighted by Gasteiger charge is 2.26.